The molecular weight excluding hydrogens is 340 g/mol. The molecular formula is C27H24O. The summed E-state index contributed by atoms with van der Waals surface area (Å²) < 4.78 is 7.44. The van der Waals surface area contributed by atoms with Crippen molar-refractivity contribution < 1.29 is 4.74 Å². The molecule has 7 rings (SSSR count). The highest BCUT2D eigenvalue weighted by atomic mass is 16.5. The average Bonchev–Trinajstić information content (AvgIpc) is 3.52. The smallest absolute Gasteiger partial charge is 0.124 e. The summed E-state index contributed by atoms with van der Waals surface area (Å²) in [6.45, 7) is 0. The maximum Gasteiger partial charge on any atom is 0.124 e. The minimum Gasteiger partial charge on any atom is -0.349 e. The van der Waals surface area contributed by atoms with Crippen LogP contribution < -0.4 is 0 Å². The van der Waals surface area contributed by atoms with Crippen molar-refractivity contribution in [3.8, 4) is 0 Å². The van der Waals surface area contributed by atoms with Crippen LogP contribution in [-0.2, 0) is 15.9 Å². The van der Waals surface area contributed by atoms with E-state index in [1.54, 1.807) is 0 Å². The monoisotopic (exact) mass is 364 g/mol. The number of hydrogen-bond acceptors (Lipinski definition) is 1. The van der Waals surface area contributed by atoms with Gasteiger partial charge in [-0.15, -0.1) is 0 Å². The van der Waals surface area contributed by atoms with E-state index in [1.165, 1.54) is 41.5 Å². The van der Waals surface area contributed by atoms with E-state index in [2.05, 4.69) is 84.9 Å². The average molecular weight is 364 g/mol. The van der Waals surface area contributed by atoms with Crippen LogP contribution in [0.25, 0.3) is 0 Å². The van der Waals surface area contributed by atoms with Crippen molar-refractivity contribution in [2.45, 2.75) is 30.5 Å². The first-order valence-electron chi connectivity index (χ1n) is 10.8. The first kappa shape index (κ1) is 15.5. The number of fused-ring (bicyclic) bond motifs is 12. The summed E-state index contributed by atoms with van der Waals surface area (Å²) in [5, 5.41) is 0. The first-order chi connectivity index (χ1) is 13.9. The second-order valence-electron chi connectivity index (χ2n) is 9.24. The zero-order valence-electron chi connectivity index (χ0n) is 15.9. The predicted molar refractivity (Wildman–Crippen MR) is 110 cm³/mol. The fourth-order valence-corrected chi connectivity index (χ4v) is 7.64. The molecule has 0 radical (unpaired) electrons. The Morgan fingerprint density at radius 2 is 1.00 bits per heavy atom. The van der Waals surface area contributed by atoms with Crippen molar-refractivity contribution in [2.24, 2.45) is 23.7 Å². The highest BCUT2D eigenvalue weighted by Gasteiger charge is 2.76. The Hall–Kier alpha value is -2.38. The lowest BCUT2D eigenvalue weighted by molar-refractivity contribution is -0.0676. The van der Waals surface area contributed by atoms with Crippen LogP contribution in [0, 0.1) is 23.7 Å². The normalized spacial score (nSPS) is 39.1. The summed E-state index contributed by atoms with van der Waals surface area (Å²) in [6.07, 6.45) is 4.13. The molecule has 0 spiro atoms. The minimum atomic E-state index is -0.293. The summed E-state index contributed by atoms with van der Waals surface area (Å²) >= 11 is 0. The quantitative estimate of drug-likeness (QED) is 0.552. The van der Waals surface area contributed by atoms with E-state index in [9.17, 15) is 0 Å². The van der Waals surface area contributed by atoms with E-state index in [0.29, 0.717) is 11.8 Å². The Balaban J connectivity index is 1.59. The highest BCUT2D eigenvalue weighted by Crippen LogP contribution is 2.77. The van der Waals surface area contributed by atoms with Crippen LogP contribution >= 0.6 is 0 Å². The number of rotatable bonds is 2. The summed E-state index contributed by atoms with van der Waals surface area (Å²) in [5.74, 6) is 2.75. The Morgan fingerprint density at radius 1 is 0.571 bits per heavy atom. The molecule has 3 aromatic rings. The summed E-state index contributed by atoms with van der Waals surface area (Å²) in [5.41, 5.74) is 4.94. The fourth-order valence-electron chi connectivity index (χ4n) is 7.64. The summed E-state index contributed by atoms with van der Waals surface area (Å²) in [6, 6.07) is 31.2. The molecule has 4 bridgehead atoms. The van der Waals surface area contributed by atoms with E-state index in [4.69, 9.17) is 4.74 Å². The third-order valence-electron chi connectivity index (χ3n) is 8.31. The zero-order chi connectivity index (χ0) is 18.3. The molecule has 138 valence electrons. The van der Waals surface area contributed by atoms with Gasteiger partial charge in [-0.05, 0) is 53.4 Å². The fraction of sp³-hybridized carbons (Fsp3) is 0.333. The third kappa shape index (κ3) is 1.57. The van der Waals surface area contributed by atoms with E-state index >= 15 is 0 Å². The molecule has 2 heterocycles. The van der Waals surface area contributed by atoms with Crippen LogP contribution in [0.1, 0.15) is 41.5 Å². The van der Waals surface area contributed by atoms with Crippen LogP contribution in [-0.4, -0.2) is 0 Å². The third-order valence-corrected chi connectivity index (χ3v) is 8.31. The van der Waals surface area contributed by atoms with Gasteiger partial charge in [0.1, 0.15) is 11.2 Å². The van der Waals surface area contributed by atoms with Gasteiger partial charge in [-0.3, -0.25) is 0 Å². The maximum atomic E-state index is 7.44. The molecule has 2 aliphatic heterocycles. The molecule has 28 heavy (non-hydrogen) atoms. The van der Waals surface area contributed by atoms with Gasteiger partial charge in [-0.1, -0.05) is 84.9 Å². The maximum absolute atomic E-state index is 7.44. The molecule has 3 aromatic carbocycles. The van der Waals surface area contributed by atoms with E-state index in [-0.39, 0.29) is 11.2 Å². The van der Waals surface area contributed by atoms with Gasteiger partial charge in [0, 0.05) is 11.8 Å². The molecule has 0 aromatic heterocycles. The largest absolute Gasteiger partial charge is 0.349 e. The molecule has 6 atom stereocenters. The van der Waals surface area contributed by atoms with E-state index < -0.39 is 0 Å². The van der Waals surface area contributed by atoms with Crippen molar-refractivity contribution >= 4 is 0 Å². The standard InChI is InChI=1S/C27H24O/c1-3-9-20(10-4-1)26-22-13-7-8-14-23(22)27(28-26,21-11-5-2-6-12-21)25-19-16-15-18(17-19)24(25)26/h1-14,18-19,24-25H,15-17H2. The minimum absolute atomic E-state index is 0.293. The first-order valence-corrected chi connectivity index (χ1v) is 10.8. The number of hydrogen-bond donors (Lipinski definition) is 0. The second kappa shape index (κ2) is 5.15. The lowest BCUT2D eigenvalue weighted by atomic mass is 9.56. The number of ether oxygens (including phenoxy) is 1. The molecule has 1 saturated heterocycles. The van der Waals surface area contributed by atoms with Gasteiger partial charge < -0.3 is 4.74 Å². The SMILES string of the molecule is c1ccc(C23OC(c4ccccc4)(c4ccccc42)C2C4CCC(C4)C23)cc1. The zero-order valence-corrected chi connectivity index (χ0v) is 15.9. The van der Waals surface area contributed by atoms with Gasteiger partial charge in [-0.2, -0.15) is 0 Å². The van der Waals surface area contributed by atoms with Crippen LogP contribution in [0.3, 0.4) is 0 Å². The number of benzene rings is 3. The summed E-state index contributed by atoms with van der Waals surface area (Å²) in [4.78, 5) is 0. The molecule has 2 saturated carbocycles. The van der Waals surface area contributed by atoms with Crippen LogP contribution in [0.5, 0.6) is 0 Å². The Labute approximate surface area is 166 Å². The van der Waals surface area contributed by atoms with Gasteiger partial charge in [0.2, 0.25) is 0 Å². The van der Waals surface area contributed by atoms with Crippen LogP contribution in [0.15, 0.2) is 84.9 Å². The van der Waals surface area contributed by atoms with Gasteiger partial charge in [0.15, 0.2) is 0 Å². The van der Waals surface area contributed by atoms with Crippen molar-refractivity contribution in [2.75, 3.05) is 0 Å². The molecule has 4 aliphatic rings. The van der Waals surface area contributed by atoms with Gasteiger partial charge >= 0.3 is 0 Å². The Kier molecular flexibility index (Phi) is 2.86. The Morgan fingerprint density at radius 3 is 1.46 bits per heavy atom. The topological polar surface area (TPSA) is 9.23 Å². The molecule has 0 N–H and O–H groups in total. The summed E-state index contributed by atoms with van der Waals surface area (Å²) in [7, 11) is 0. The van der Waals surface area contributed by atoms with Gasteiger partial charge in [0.25, 0.3) is 0 Å². The predicted octanol–water partition coefficient (Wildman–Crippen LogP) is 5.88. The molecule has 0 amide bonds. The van der Waals surface area contributed by atoms with Crippen molar-refractivity contribution in [1.82, 2.24) is 0 Å². The lowest BCUT2D eigenvalue weighted by Gasteiger charge is -2.43. The highest BCUT2D eigenvalue weighted by molar-refractivity contribution is 5.58. The molecule has 1 heteroatoms. The lowest BCUT2D eigenvalue weighted by Crippen LogP contribution is -2.43. The van der Waals surface area contributed by atoms with E-state index in [1.807, 2.05) is 0 Å². The molecule has 1 nitrogen and oxygen atoms in total. The van der Waals surface area contributed by atoms with E-state index in [0.717, 1.165) is 11.8 Å². The second-order valence-corrected chi connectivity index (χ2v) is 9.24. The Bertz CT molecular complexity index is 973. The van der Waals surface area contributed by atoms with Crippen molar-refractivity contribution in [1.29, 1.82) is 0 Å². The molecule has 6 unspecified atom stereocenters. The molecule has 2 aliphatic carbocycles. The van der Waals surface area contributed by atoms with Gasteiger partial charge in [0.05, 0.1) is 0 Å². The van der Waals surface area contributed by atoms with Crippen molar-refractivity contribution in [3.63, 3.8) is 0 Å². The van der Waals surface area contributed by atoms with Gasteiger partial charge in [-0.25, -0.2) is 0 Å². The van der Waals surface area contributed by atoms with Crippen LogP contribution in [0.4, 0.5) is 0 Å². The van der Waals surface area contributed by atoms with Crippen LogP contribution in [0.2, 0.25) is 0 Å². The van der Waals surface area contributed by atoms with Crippen molar-refractivity contribution in [3.05, 3.63) is 107 Å². The molecule has 3 fully saturated rings.